The Kier molecular flexibility index (Phi) is 4.75. The number of aromatic nitrogens is 1. The van der Waals surface area contributed by atoms with Gasteiger partial charge in [0.2, 0.25) is 0 Å². The van der Waals surface area contributed by atoms with Crippen LogP contribution in [0.1, 0.15) is 5.56 Å². The number of pyridine rings is 1. The van der Waals surface area contributed by atoms with Crippen molar-refractivity contribution in [2.75, 3.05) is 17.6 Å². The van der Waals surface area contributed by atoms with Gasteiger partial charge in [-0.3, -0.25) is 0 Å². The molecule has 100 valence electrons. The number of anilines is 2. The molecular formula is C13H12Cl3N3. The van der Waals surface area contributed by atoms with E-state index in [2.05, 4.69) is 10.3 Å². The highest BCUT2D eigenvalue weighted by Crippen LogP contribution is 2.21. The van der Waals surface area contributed by atoms with Crippen LogP contribution in [-0.4, -0.2) is 11.5 Å². The van der Waals surface area contributed by atoms with Gasteiger partial charge < -0.3 is 11.1 Å². The maximum atomic E-state index is 6.09. The van der Waals surface area contributed by atoms with E-state index in [0.717, 1.165) is 12.0 Å². The van der Waals surface area contributed by atoms with E-state index in [1.165, 1.54) is 0 Å². The summed E-state index contributed by atoms with van der Waals surface area (Å²) in [6, 6.07) is 8.79. The van der Waals surface area contributed by atoms with Crippen LogP contribution in [0.25, 0.3) is 0 Å². The first-order valence-corrected chi connectivity index (χ1v) is 6.79. The van der Waals surface area contributed by atoms with Gasteiger partial charge in [0.25, 0.3) is 0 Å². The molecule has 2 aromatic rings. The van der Waals surface area contributed by atoms with Crippen molar-refractivity contribution in [3.05, 3.63) is 51.1 Å². The van der Waals surface area contributed by atoms with E-state index >= 15 is 0 Å². The van der Waals surface area contributed by atoms with Crippen LogP contribution in [0, 0.1) is 0 Å². The first-order valence-electron chi connectivity index (χ1n) is 5.65. The molecule has 0 aliphatic carbocycles. The number of benzene rings is 1. The second kappa shape index (κ2) is 6.33. The number of nitrogens with one attached hydrogen (secondary N) is 1. The van der Waals surface area contributed by atoms with Crippen LogP contribution in [0.3, 0.4) is 0 Å². The maximum Gasteiger partial charge on any atom is 0.133 e. The fraction of sp³-hybridized carbons (Fsp3) is 0.154. The van der Waals surface area contributed by atoms with E-state index in [9.17, 15) is 0 Å². The second-order valence-corrected chi connectivity index (χ2v) is 5.25. The summed E-state index contributed by atoms with van der Waals surface area (Å²) in [6.07, 6.45) is 0.754. The third kappa shape index (κ3) is 4.16. The van der Waals surface area contributed by atoms with Crippen molar-refractivity contribution in [2.24, 2.45) is 0 Å². The van der Waals surface area contributed by atoms with Crippen LogP contribution in [0.15, 0.2) is 30.3 Å². The molecule has 19 heavy (non-hydrogen) atoms. The monoisotopic (exact) mass is 315 g/mol. The lowest BCUT2D eigenvalue weighted by atomic mass is 10.1. The minimum atomic E-state index is 0.368. The van der Waals surface area contributed by atoms with Gasteiger partial charge in [-0.15, -0.1) is 0 Å². The van der Waals surface area contributed by atoms with Crippen molar-refractivity contribution in [1.29, 1.82) is 0 Å². The minimum Gasteiger partial charge on any atom is -0.399 e. The highest BCUT2D eigenvalue weighted by atomic mass is 35.5. The topological polar surface area (TPSA) is 50.9 Å². The standard InChI is InChI=1S/C13H12Cl3N3/c14-9-2-1-8(11(15)5-9)3-4-18-13-7-10(17)6-12(16)19-13/h1-2,5-7H,3-4H2,(H3,17,18,19). The Bertz CT molecular complexity index is 567. The molecule has 0 bridgehead atoms. The van der Waals surface area contributed by atoms with E-state index < -0.39 is 0 Å². The van der Waals surface area contributed by atoms with Crippen molar-refractivity contribution in [1.82, 2.24) is 4.98 Å². The van der Waals surface area contributed by atoms with Gasteiger partial charge in [-0.1, -0.05) is 40.9 Å². The molecule has 0 aliphatic rings. The highest BCUT2D eigenvalue weighted by molar-refractivity contribution is 6.35. The molecule has 0 saturated heterocycles. The number of hydrogen-bond donors (Lipinski definition) is 2. The number of nitrogens with two attached hydrogens (primary N) is 1. The lowest BCUT2D eigenvalue weighted by Crippen LogP contribution is -2.07. The Morgan fingerprint density at radius 3 is 2.58 bits per heavy atom. The van der Waals surface area contributed by atoms with Gasteiger partial charge in [-0.05, 0) is 30.2 Å². The Labute approximate surface area is 126 Å². The lowest BCUT2D eigenvalue weighted by Gasteiger charge is -2.08. The zero-order valence-electron chi connectivity index (χ0n) is 9.96. The second-order valence-electron chi connectivity index (χ2n) is 4.02. The van der Waals surface area contributed by atoms with Gasteiger partial charge in [0.15, 0.2) is 0 Å². The average molecular weight is 317 g/mol. The molecule has 0 atom stereocenters. The van der Waals surface area contributed by atoms with Crippen LogP contribution in [0.2, 0.25) is 15.2 Å². The molecule has 1 heterocycles. The van der Waals surface area contributed by atoms with Crippen LogP contribution in [0.5, 0.6) is 0 Å². The number of rotatable bonds is 4. The maximum absolute atomic E-state index is 6.09. The Hall–Kier alpha value is -1.16. The molecule has 0 spiro atoms. The molecule has 1 aromatic heterocycles. The smallest absolute Gasteiger partial charge is 0.133 e. The predicted octanol–water partition coefficient (Wildman–Crippen LogP) is 4.28. The average Bonchev–Trinajstić information content (AvgIpc) is 2.30. The number of nitrogens with zero attached hydrogens (tertiary/aromatic N) is 1. The van der Waals surface area contributed by atoms with Gasteiger partial charge in [-0.2, -0.15) is 0 Å². The summed E-state index contributed by atoms with van der Waals surface area (Å²) >= 11 is 17.8. The fourth-order valence-electron chi connectivity index (χ4n) is 1.66. The van der Waals surface area contributed by atoms with Gasteiger partial charge in [0, 0.05) is 28.3 Å². The van der Waals surface area contributed by atoms with E-state index in [4.69, 9.17) is 40.5 Å². The highest BCUT2D eigenvalue weighted by Gasteiger charge is 2.02. The molecule has 1 aromatic carbocycles. The van der Waals surface area contributed by atoms with Gasteiger partial charge in [-0.25, -0.2) is 4.98 Å². The fourth-order valence-corrected chi connectivity index (χ4v) is 2.38. The molecule has 3 nitrogen and oxygen atoms in total. The largest absolute Gasteiger partial charge is 0.399 e. The van der Waals surface area contributed by atoms with Gasteiger partial charge >= 0.3 is 0 Å². The summed E-state index contributed by atoms with van der Waals surface area (Å²) in [6.45, 7) is 0.675. The van der Waals surface area contributed by atoms with Crippen LogP contribution < -0.4 is 11.1 Å². The SMILES string of the molecule is Nc1cc(Cl)nc(NCCc2ccc(Cl)cc2Cl)c1. The summed E-state index contributed by atoms with van der Waals surface area (Å²) in [7, 11) is 0. The van der Waals surface area contributed by atoms with Gasteiger partial charge in [0.05, 0.1) is 0 Å². The number of halogens is 3. The minimum absolute atomic E-state index is 0.368. The summed E-state index contributed by atoms with van der Waals surface area (Å²) in [4.78, 5) is 4.12. The zero-order valence-corrected chi connectivity index (χ0v) is 12.2. The first kappa shape index (κ1) is 14.3. The van der Waals surface area contributed by atoms with Crippen molar-refractivity contribution < 1.29 is 0 Å². The molecule has 0 aliphatic heterocycles. The molecular weight excluding hydrogens is 305 g/mol. The Morgan fingerprint density at radius 2 is 1.89 bits per heavy atom. The molecule has 0 saturated carbocycles. The first-order chi connectivity index (χ1) is 9.04. The van der Waals surface area contributed by atoms with Crippen molar-refractivity contribution >= 4 is 46.3 Å². The van der Waals surface area contributed by atoms with Crippen molar-refractivity contribution in [2.45, 2.75) is 6.42 Å². The molecule has 0 unspecified atom stereocenters. The van der Waals surface area contributed by atoms with E-state index in [1.54, 1.807) is 18.2 Å². The quantitative estimate of drug-likeness (QED) is 0.828. The van der Waals surface area contributed by atoms with Crippen LogP contribution in [0.4, 0.5) is 11.5 Å². The molecule has 0 radical (unpaired) electrons. The summed E-state index contributed by atoms with van der Waals surface area (Å²) < 4.78 is 0. The van der Waals surface area contributed by atoms with Gasteiger partial charge in [0.1, 0.15) is 11.0 Å². The third-order valence-corrected chi connectivity index (χ3v) is 3.31. The predicted molar refractivity (Wildman–Crippen MR) is 82.3 cm³/mol. The molecule has 3 N–H and O–H groups in total. The molecule has 2 rings (SSSR count). The summed E-state index contributed by atoms with van der Waals surface area (Å²) in [5, 5.41) is 4.81. The van der Waals surface area contributed by atoms with Crippen LogP contribution >= 0.6 is 34.8 Å². The summed E-state index contributed by atoms with van der Waals surface area (Å²) in [5.41, 5.74) is 7.28. The van der Waals surface area contributed by atoms with Crippen molar-refractivity contribution in [3.63, 3.8) is 0 Å². The van der Waals surface area contributed by atoms with Crippen molar-refractivity contribution in [3.8, 4) is 0 Å². The molecule has 0 fully saturated rings. The van der Waals surface area contributed by atoms with E-state index in [-0.39, 0.29) is 0 Å². The molecule has 6 heteroatoms. The van der Waals surface area contributed by atoms with Crippen LogP contribution in [-0.2, 0) is 6.42 Å². The number of hydrogen-bond acceptors (Lipinski definition) is 3. The zero-order chi connectivity index (χ0) is 13.8. The summed E-state index contributed by atoms with van der Waals surface area (Å²) in [5.74, 6) is 0.648. The normalized spacial score (nSPS) is 10.5. The lowest BCUT2D eigenvalue weighted by molar-refractivity contribution is 1.01. The Morgan fingerprint density at radius 1 is 1.11 bits per heavy atom. The molecule has 0 amide bonds. The van der Waals surface area contributed by atoms with E-state index in [1.807, 2.05) is 12.1 Å². The van der Waals surface area contributed by atoms with E-state index in [0.29, 0.717) is 33.2 Å². The third-order valence-electron chi connectivity index (χ3n) is 2.53. The Balaban J connectivity index is 1.96. The number of nitrogen functional groups attached to an aromatic ring is 1.